The van der Waals surface area contributed by atoms with E-state index >= 15 is 0 Å². The Hall–Kier alpha value is 0.973. The van der Waals surface area contributed by atoms with Crippen molar-refractivity contribution in [3.05, 3.63) is 25.3 Å². The first-order valence-electron chi connectivity index (χ1n) is 2.51. The first kappa shape index (κ1) is 13.6. The van der Waals surface area contributed by atoms with E-state index in [2.05, 4.69) is 13.2 Å². The van der Waals surface area contributed by atoms with E-state index in [0.717, 1.165) is 12.8 Å². The Morgan fingerprint density at radius 3 is 1.30 bits per heavy atom. The fourth-order valence-corrected chi connectivity index (χ4v) is 0.236. The van der Waals surface area contributed by atoms with Crippen LogP contribution in [0.5, 0.6) is 0 Å². The quantitative estimate of drug-likeness (QED) is 0.415. The maximum atomic E-state index is 4.94. The Morgan fingerprint density at radius 1 is 1.00 bits per heavy atom. The molecule has 0 radical (unpaired) electrons. The van der Waals surface area contributed by atoms with Crippen molar-refractivity contribution < 1.29 is 13.0 Å². The summed E-state index contributed by atoms with van der Waals surface area (Å²) in [6.07, 6.45) is 5.90. The molecule has 0 nitrogen and oxygen atoms in total. The van der Waals surface area contributed by atoms with Gasteiger partial charge in [0.25, 0.3) is 0 Å². The fourth-order valence-electron chi connectivity index (χ4n) is 0.236. The molecule has 0 saturated carbocycles. The average Bonchev–Trinajstić information content (AvgIpc) is 1.82. The van der Waals surface area contributed by atoms with Crippen molar-refractivity contribution in [3.63, 3.8) is 0 Å². The van der Waals surface area contributed by atoms with Crippen LogP contribution in [0.3, 0.4) is 0 Å². The van der Waals surface area contributed by atoms with Gasteiger partial charge in [-0.05, 0) is 12.8 Å². The Balaban J connectivity index is 0. The second-order valence-corrected chi connectivity index (χ2v) is 8.76. The number of rotatable bonds is 3. The Labute approximate surface area is 79.9 Å². The van der Waals surface area contributed by atoms with E-state index in [1.54, 1.807) is 0 Å². The summed E-state index contributed by atoms with van der Waals surface area (Å²) in [6, 6.07) is 0. The summed E-state index contributed by atoms with van der Waals surface area (Å²) in [5, 5.41) is 0. The molecule has 0 aromatic heterocycles. The van der Waals surface area contributed by atoms with Crippen LogP contribution in [0.15, 0.2) is 25.3 Å². The van der Waals surface area contributed by atoms with Crippen LogP contribution in [0.2, 0.25) is 0 Å². The van der Waals surface area contributed by atoms with Gasteiger partial charge >= 0.3 is 42.1 Å². The van der Waals surface area contributed by atoms with Gasteiger partial charge in [-0.15, -0.1) is 13.2 Å². The Morgan fingerprint density at radius 2 is 1.20 bits per heavy atom. The van der Waals surface area contributed by atoms with Gasteiger partial charge in [0.1, 0.15) is 0 Å². The number of allylic oxidation sites excluding steroid dienone is 2. The summed E-state index contributed by atoms with van der Waals surface area (Å²) >= 11 is -1.66. The van der Waals surface area contributed by atoms with E-state index in [1.165, 1.54) is 0 Å². The molecular weight excluding hydrogens is 281 g/mol. The van der Waals surface area contributed by atoms with Gasteiger partial charge in [-0.3, -0.25) is 0 Å². The van der Waals surface area contributed by atoms with Gasteiger partial charge in [0.05, 0.1) is 0 Å². The topological polar surface area (TPSA) is 0 Å². The van der Waals surface area contributed by atoms with Crippen molar-refractivity contribution in [2.45, 2.75) is 12.8 Å². The van der Waals surface area contributed by atoms with Gasteiger partial charge in [0.15, 0.2) is 0 Å². The van der Waals surface area contributed by atoms with Crippen molar-refractivity contribution in [3.8, 4) is 0 Å². The van der Waals surface area contributed by atoms with Gasteiger partial charge in [-0.2, -0.15) is 0 Å². The number of hydrogen-bond acceptors (Lipinski definition) is 0. The molecular formula is C6H10Cl3Rh. The molecule has 0 rings (SSSR count). The van der Waals surface area contributed by atoms with Crippen molar-refractivity contribution >= 4 is 29.1 Å². The standard InChI is InChI=1S/C6H10.3ClH.Rh/c1-3-5-6-4-2;;;;/h3-4H,1-2,5-6H2;3*1H;/q;;;;+3/p-3. The molecule has 64 valence electrons. The van der Waals surface area contributed by atoms with Gasteiger partial charge in [-0.1, -0.05) is 12.2 Å². The zero-order chi connectivity index (χ0) is 8.41. The molecule has 4 heteroatoms. The molecule has 0 spiro atoms. The Bertz CT molecular complexity index is 72.3. The predicted octanol–water partition coefficient (Wildman–Crippen LogP) is 4.20. The average molecular weight is 291 g/mol. The molecule has 0 unspecified atom stereocenters. The molecule has 0 aliphatic heterocycles. The molecule has 0 fully saturated rings. The molecule has 0 aliphatic rings. The van der Waals surface area contributed by atoms with Crippen LogP contribution in [0.4, 0.5) is 0 Å². The van der Waals surface area contributed by atoms with Crippen LogP contribution >= 0.6 is 29.1 Å². The monoisotopic (exact) mass is 290 g/mol. The molecule has 0 aromatic carbocycles. The molecule has 10 heavy (non-hydrogen) atoms. The third kappa shape index (κ3) is 36.1. The summed E-state index contributed by atoms with van der Waals surface area (Å²) < 4.78 is 0. The number of unbranched alkanes of at least 4 members (excludes halogenated alkanes) is 1. The minimum absolute atomic E-state index is 1.06. The molecule has 0 bridgehead atoms. The van der Waals surface area contributed by atoms with E-state index in [9.17, 15) is 0 Å². The van der Waals surface area contributed by atoms with Crippen LogP contribution in [0.25, 0.3) is 0 Å². The second-order valence-electron chi connectivity index (χ2n) is 1.30. The number of hydrogen-bond donors (Lipinski definition) is 0. The van der Waals surface area contributed by atoms with Crippen molar-refractivity contribution in [2.75, 3.05) is 0 Å². The van der Waals surface area contributed by atoms with Gasteiger partial charge in [0.2, 0.25) is 0 Å². The van der Waals surface area contributed by atoms with E-state index in [-0.39, 0.29) is 0 Å². The molecule has 0 N–H and O–H groups in total. The molecule has 0 heterocycles. The van der Waals surface area contributed by atoms with Crippen LogP contribution in [0, 0.1) is 0 Å². The van der Waals surface area contributed by atoms with Crippen molar-refractivity contribution in [1.29, 1.82) is 0 Å². The molecule has 0 saturated heterocycles. The molecule has 0 aromatic rings. The van der Waals surface area contributed by atoms with E-state index < -0.39 is 13.0 Å². The van der Waals surface area contributed by atoms with Crippen molar-refractivity contribution in [2.24, 2.45) is 0 Å². The van der Waals surface area contributed by atoms with Gasteiger partial charge in [0, 0.05) is 0 Å². The molecule has 0 aliphatic carbocycles. The molecule has 0 atom stereocenters. The third-order valence-electron chi connectivity index (χ3n) is 0.575. The van der Waals surface area contributed by atoms with Crippen LogP contribution in [-0.2, 0) is 13.0 Å². The van der Waals surface area contributed by atoms with Crippen LogP contribution < -0.4 is 0 Å². The van der Waals surface area contributed by atoms with Gasteiger partial charge < -0.3 is 0 Å². The normalized spacial score (nSPS) is 8.90. The summed E-state index contributed by atoms with van der Waals surface area (Å²) in [4.78, 5) is 0. The van der Waals surface area contributed by atoms with E-state index in [4.69, 9.17) is 29.1 Å². The Kier molecular flexibility index (Phi) is 17.1. The van der Waals surface area contributed by atoms with Crippen LogP contribution in [0.1, 0.15) is 12.8 Å². The van der Waals surface area contributed by atoms with E-state index in [1.807, 2.05) is 12.2 Å². The summed E-state index contributed by atoms with van der Waals surface area (Å²) in [5.41, 5.74) is 0. The van der Waals surface area contributed by atoms with E-state index in [0.29, 0.717) is 0 Å². The summed E-state index contributed by atoms with van der Waals surface area (Å²) in [6.45, 7) is 7.10. The third-order valence-corrected chi connectivity index (χ3v) is 0.575. The van der Waals surface area contributed by atoms with Crippen LogP contribution in [-0.4, -0.2) is 0 Å². The SMILES string of the molecule is C=CCCC=C.[Cl][Rh]([Cl])[Cl]. The first-order chi connectivity index (χ1) is 4.65. The fraction of sp³-hybridized carbons (Fsp3) is 0.333. The zero-order valence-corrected chi connectivity index (χ0v) is 9.36. The van der Waals surface area contributed by atoms with Gasteiger partial charge in [-0.25, -0.2) is 0 Å². The maximum absolute atomic E-state index is 4.94. The predicted molar refractivity (Wildman–Crippen MR) is 47.2 cm³/mol. The molecule has 0 amide bonds. The zero-order valence-electron chi connectivity index (χ0n) is 5.45. The minimum atomic E-state index is -1.66. The summed E-state index contributed by atoms with van der Waals surface area (Å²) in [5.74, 6) is 0. The second kappa shape index (κ2) is 12.6. The summed E-state index contributed by atoms with van der Waals surface area (Å²) in [7, 11) is 14.8. The van der Waals surface area contributed by atoms with Crippen molar-refractivity contribution in [1.82, 2.24) is 0 Å². The number of halogens is 3. The first-order valence-corrected chi connectivity index (χ1v) is 8.84.